The van der Waals surface area contributed by atoms with E-state index in [1.165, 1.54) is 4.90 Å². The van der Waals surface area contributed by atoms with Crippen LogP contribution in [-0.2, 0) is 30.3 Å². The van der Waals surface area contributed by atoms with Crippen LogP contribution < -0.4 is 15.5 Å². The zero-order chi connectivity index (χ0) is 32.5. The Morgan fingerprint density at radius 2 is 1.78 bits per heavy atom. The van der Waals surface area contributed by atoms with E-state index in [1.54, 1.807) is 25.7 Å². The molecular weight excluding hydrogens is 580 g/mol. The largest absolute Gasteiger partial charge is 0.479 e. The van der Waals surface area contributed by atoms with E-state index in [4.69, 9.17) is 9.47 Å². The molecule has 1 aliphatic carbocycles. The second kappa shape index (κ2) is 12.9. The predicted octanol–water partition coefficient (Wildman–Crippen LogP) is 4.00. The molecule has 12 nitrogen and oxygen atoms in total. The summed E-state index contributed by atoms with van der Waals surface area (Å²) >= 11 is 0. The summed E-state index contributed by atoms with van der Waals surface area (Å²) in [4.78, 5) is 69.4. The number of anilines is 1. The fraction of sp³-hybridized carbons (Fsp3) is 0.667. The molecule has 1 aromatic rings. The summed E-state index contributed by atoms with van der Waals surface area (Å²) in [6.45, 7) is 7.61. The van der Waals surface area contributed by atoms with Gasteiger partial charge in [-0.1, -0.05) is 57.2 Å². The van der Waals surface area contributed by atoms with Crippen molar-refractivity contribution in [3.05, 3.63) is 29.8 Å². The minimum atomic E-state index is -1.40. The maximum atomic E-state index is 14.1. The van der Waals surface area contributed by atoms with Crippen LogP contribution in [0.25, 0.3) is 0 Å². The molecule has 4 amide bonds. The fourth-order valence-electron chi connectivity index (χ4n) is 7.11. The highest BCUT2D eigenvalue weighted by Gasteiger charge is 2.64. The lowest BCUT2D eigenvalue weighted by Gasteiger charge is -2.30. The second-order valence-electron chi connectivity index (χ2n) is 14.0. The Hall–Kier alpha value is -3.83. The van der Waals surface area contributed by atoms with E-state index in [9.17, 15) is 29.1 Å². The monoisotopic (exact) mass is 626 g/mol. The van der Waals surface area contributed by atoms with Crippen molar-refractivity contribution < 1.29 is 38.6 Å². The number of carboxylic acids is 1. The second-order valence-corrected chi connectivity index (χ2v) is 14.0. The van der Waals surface area contributed by atoms with Gasteiger partial charge >= 0.3 is 18.2 Å². The lowest BCUT2D eigenvalue weighted by molar-refractivity contribution is -0.146. The number of carboxylic acid groups (broad SMARTS) is 1. The molecule has 246 valence electrons. The van der Waals surface area contributed by atoms with E-state index < -0.39 is 59.3 Å². The number of hydrogen-bond donors (Lipinski definition) is 3. The quantitative estimate of drug-likeness (QED) is 0.455. The minimum absolute atomic E-state index is 0.00781. The topological polar surface area (TPSA) is 155 Å². The molecule has 3 aliphatic heterocycles. The number of aliphatic carboxylic acids is 1. The van der Waals surface area contributed by atoms with E-state index in [0.29, 0.717) is 32.2 Å². The first-order chi connectivity index (χ1) is 21.3. The van der Waals surface area contributed by atoms with Gasteiger partial charge in [0.15, 0.2) is 0 Å². The van der Waals surface area contributed by atoms with Gasteiger partial charge in [-0.2, -0.15) is 0 Å². The number of amides is 4. The Kier molecular flexibility index (Phi) is 9.32. The van der Waals surface area contributed by atoms with Crippen LogP contribution in [0.1, 0.15) is 84.6 Å². The average Bonchev–Trinajstić information content (AvgIpc) is 3.31. The molecule has 5 rings (SSSR count). The molecule has 3 heterocycles. The van der Waals surface area contributed by atoms with Crippen molar-refractivity contribution >= 4 is 35.7 Å². The summed E-state index contributed by atoms with van der Waals surface area (Å²) in [5.74, 6) is -2.29. The number of hydrogen-bond acceptors (Lipinski definition) is 7. The third-order valence-corrected chi connectivity index (χ3v) is 9.54. The first-order valence-electron chi connectivity index (χ1n) is 16.2. The van der Waals surface area contributed by atoms with Crippen molar-refractivity contribution in [1.29, 1.82) is 0 Å². The van der Waals surface area contributed by atoms with Gasteiger partial charge in [0.1, 0.15) is 29.3 Å². The van der Waals surface area contributed by atoms with Gasteiger partial charge in [0.25, 0.3) is 0 Å². The third-order valence-electron chi connectivity index (χ3n) is 9.54. The SMILES string of the molecule is CC1CCCCCC[C@H](NC(=O)OC(C)(C)C)C(=O)N2C[C@H](OC(=O)N3CCc4ccccc43)C[C@H]2C(=O)N[C@]2(C(=O)O)C[C@@H]12. The van der Waals surface area contributed by atoms with E-state index in [0.717, 1.165) is 36.9 Å². The van der Waals surface area contributed by atoms with Gasteiger partial charge in [-0.25, -0.2) is 14.4 Å². The van der Waals surface area contributed by atoms with Crippen molar-refractivity contribution in [2.24, 2.45) is 11.8 Å². The van der Waals surface area contributed by atoms with E-state index in [2.05, 4.69) is 10.6 Å². The van der Waals surface area contributed by atoms with Crippen LogP contribution >= 0.6 is 0 Å². The molecule has 2 saturated heterocycles. The van der Waals surface area contributed by atoms with Gasteiger partial charge in [-0.15, -0.1) is 0 Å². The summed E-state index contributed by atoms with van der Waals surface area (Å²) < 4.78 is 11.3. The zero-order valence-electron chi connectivity index (χ0n) is 26.7. The maximum absolute atomic E-state index is 14.1. The first-order valence-corrected chi connectivity index (χ1v) is 16.2. The number of alkyl carbamates (subject to hydrolysis) is 1. The van der Waals surface area contributed by atoms with Gasteiger partial charge in [0.2, 0.25) is 11.8 Å². The van der Waals surface area contributed by atoms with Crippen LogP contribution in [-0.4, -0.2) is 82.4 Å². The summed E-state index contributed by atoms with van der Waals surface area (Å²) in [6.07, 6.45) is 3.40. The smallest absolute Gasteiger partial charge is 0.414 e. The molecule has 1 aromatic carbocycles. The molecule has 4 aliphatic rings. The summed E-state index contributed by atoms with van der Waals surface area (Å²) in [5, 5.41) is 15.7. The standard InChI is InChI=1S/C33H46N4O8/c1-20-11-7-5-6-8-13-24(34-30(42)45-32(2,3)4)28(39)37-19-22(17-26(37)27(38)35-33(29(40)41)18-23(20)33)44-31(43)36-16-15-21-12-9-10-14-25(21)36/h9-10,12,14,20,22-24,26H,5-8,11,13,15-19H2,1-4H3,(H,34,42)(H,35,38)(H,40,41)/t20?,22-,23+,24+,26+,33-/m1/s1. The number of ether oxygens (including phenoxy) is 2. The van der Waals surface area contributed by atoms with Gasteiger partial charge in [-0.3, -0.25) is 14.5 Å². The molecule has 1 saturated carbocycles. The highest BCUT2D eigenvalue weighted by atomic mass is 16.6. The Morgan fingerprint density at radius 1 is 1.07 bits per heavy atom. The van der Waals surface area contributed by atoms with Crippen molar-refractivity contribution in [3.8, 4) is 0 Å². The van der Waals surface area contributed by atoms with Crippen molar-refractivity contribution in [2.45, 2.75) is 115 Å². The number of carbonyl (C=O) groups excluding carboxylic acids is 4. The predicted molar refractivity (Wildman–Crippen MR) is 165 cm³/mol. The molecule has 12 heteroatoms. The number of nitrogens with zero attached hydrogens (tertiary/aromatic N) is 2. The van der Waals surface area contributed by atoms with Gasteiger partial charge < -0.3 is 30.1 Å². The van der Waals surface area contributed by atoms with Crippen LogP contribution in [0.15, 0.2) is 24.3 Å². The van der Waals surface area contributed by atoms with Gasteiger partial charge in [0, 0.05) is 13.0 Å². The number of fused-ring (bicyclic) bond motifs is 3. The van der Waals surface area contributed by atoms with E-state index in [-0.39, 0.29) is 24.8 Å². The number of carbonyl (C=O) groups is 5. The Bertz CT molecular complexity index is 1330. The molecule has 0 spiro atoms. The van der Waals surface area contributed by atoms with Crippen LogP contribution in [0, 0.1) is 11.8 Å². The van der Waals surface area contributed by atoms with E-state index in [1.807, 2.05) is 31.2 Å². The molecule has 45 heavy (non-hydrogen) atoms. The molecular formula is C33H46N4O8. The van der Waals surface area contributed by atoms with Crippen LogP contribution in [0.2, 0.25) is 0 Å². The molecule has 0 aromatic heterocycles. The molecule has 3 fully saturated rings. The lowest BCUT2D eigenvalue weighted by Crippen LogP contribution is -2.56. The Labute approximate surface area is 264 Å². The van der Waals surface area contributed by atoms with Gasteiger partial charge in [-0.05, 0) is 63.5 Å². The minimum Gasteiger partial charge on any atom is -0.479 e. The number of benzene rings is 1. The molecule has 3 N–H and O–H groups in total. The molecule has 0 bridgehead atoms. The van der Waals surface area contributed by atoms with Crippen molar-refractivity contribution in [3.63, 3.8) is 0 Å². The third kappa shape index (κ3) is 7.20. The highest BCUT2D eigenvalue weighted by molar-refractivity contribution is 5.96. The Morgan fingerprint density at radius 3 is 2.49 bits per heavy atom. The number of nitrogens with one attached hydrogen (secondary N) is 2. The summed E-state index contributed by atoms with van der Waals surface area (Å²) in [6, 6.07) is 5.52. The molecule has 0 radical (unpaired) electrons. The highest BCUT2D eigenvalue weighted by Crippen LogP contribution is 2.50. The van der Waals surface area contributed by atoms with Crippen molar-refractivity contribution in [2.75, 3.05) is 18.0 Å². The summed E-state index contributed by atoms with van der Waals surface area (Å²) in [7, 11) is 0. The first kappa shape index (κ1) is 32.6. The lowest BCUT2D eigenvalue weighted by atomic mass is 9.94. The normalized spacial score (nSPS) is 30.5. The fourth-order valence-corrected chi connectivity index (χ4v) is 7.11. The van der Waals surface area contributed by atoms with Crippen LogP contribution in [0.4, 0.5) is 15.3 Å². The van der Waals surface area contributed by atoms with Crippen LogP contribution in [0.5, 0.6) is 0 Å². The summed E-state index contributed by atoms with van der Waals surface area (Å²) in [5.41, 5.74) is -0.374. The molecule has 1 unspecified atom stereocenters. The van der Waals surface area contributed by atoms with E-state index >= 15 is 0 Å². The average molecular weight is 627 g/mol. The zero-order valence-corrected chi connectivity index (χ0v) is 26.7. The number of rotatable bonds is 3. The number of para-hydroxylation sites is 1. The molecule has 6 atom stereocenters. The Balaban J connectivity index is 1.39. The van der Waals surface area contributed by atoms with Gasteiger partial charge in [0.05, 0.1) is 12.2 Å². The van der Waals surface area contributed by atoms with Crippen LogP contribution in [0.3, 0.4) is 0 Å². The maximum Gasteiger partial charge on any atom is 0.414 e. The van der Waals surface area contributed by atoms with Crippen molar-refractivity contribution in [1.82, 2.24) is 15.5 Å².